The summed E-state index contributed by atoms with van der Waals surface area (Å²) in [5, 5.41) is 1.86. The molecule has 0 saturated heterocycles. The Labute approximate surface area is 204 Å². The van der Waals surface area contributed by atoms with E-state index in [1.54, 1.807) is 31.7 Å². The van der Waals surface area contributed by atoms with E-state index in [2.05, 4.69) is 72.8 Å². The molecule has 5 aromatic rings. The molecule has 33 heavy (non-hydrogen) atoms. The Hall–Kier alpha value is -2.54. The first-order valence-electron chi connectivity index (χ1n) is 10.6. The average molecular weight is 576 g/mol. The van der Waals surface area contributed by atoms with Crippen LogP contribution in [0.1, 0.15) is 0 Å². The van der Waals surface area contributed by atoms with Crippen LogP contribution >= 0.6 is 20.5 Å². The quantitative estimate of drug-likeness (QED) is 0.231. The van der Waals surface area contributed by atoms with Crippen LogP contribution in [0, 0.1) is 0 Å². The van der Waals surface area contributed by atoms with Crippen LogP contribution in [-0.2, 0) is 7.05 Å². The summed E-state index contributed by atoms with van der Waals surface area (Å²) in [7, 11) is 3.58. The van der Waals surface area contributed by atoms with Crippen LogP contribution in [-0.4, -0.2) is 26.5 Å². The molecule has 0 spiro atoms. The van der Waals surface area contributed by atoms with Gasteiger partial charge in [-0.2, -0.15) is 0 Å². The van der Waals surface area contributed by atoms with Gasteiger partial charge in [-0.25, -0.2) is 0 Å². The minimum atomic E-state index is -3.70. The third-order valence-electron chi connectivity index (χ3n) is 5.78. The van der Waals surface area contributed by atoms with Crippen molar-refractivity contribution in [3.63, 3.8) is 0 Å². The number of rotatable bonds is 5. The SMILES string of the molecule is Cn1c([S][Sn]([c]2ccccc2)([c]2ccccc2)[c]2ccccc2)nc2cc(Cl)ccc2c1=O. The normalized spacial score (nSPS) is 11.6. The third-order valence-corrected chi connectivity index (χ3v) is 25.6. The van der Waals surface area contributed by atoms with Crippen molar-refractivity contribution in [1.82, 2.24) is 9.55 Å². The van der Waals surface area contributed by atoms with Crippen LogP contribution in [0.4, 0.5) is 0 Å². The molecule has 4 aromatic carbocycles. The van der Waals surface area contributed by atoms with Gasteiger partial charge in [-0.3, -0.25) is 0 Å². The van der Waals surface area contributed by atoms with E-state index < -0.39 is 17.0 Å². The monoisotopic (exact) mass is 576 g/mol. The molecule has 0 radical (unpaired) electrons. The molecule has 0 amide bonds. The fourth-order valence-corrected chi connectivity index (χ4v) is 23.5. The summed E-state index contributed by atoms with van der Waals surface area (Å²) in [4.78, 5) is 18.2. The average Bonchev–Trinajstić information content (AvgIpc) is 2.87. The number of fused-ring (bicyclic) bond motifs is 1. The van der Waals surface area contributed by atoms with Crippen LogP contribution in [0.25, 0.3) is 10.9 Å². The van der Waals surface area contributed by atoms with E-state index in [1.165, 1.54) is 10.7 Å². The van der Waals surface area contributed by atoms with E-state index in [0.29, 0.717) is 21.1 Å². The van der Waals surface area contributed by atoms with Crippen molar-refractivity contribution in [2.45, 2.75) is 5.16 Å². The molecule has 0 aliphatic carbocycles. The summed E-state index contributed by atoms with van der Waals surface area (Å²) < 4.78 is 5.63. The summed E-state index contributed by atoms with van der Waals surface area (Å²) >= 11 is 2.54. The second kappa shape index (κ2) is 9.37. The maximum atomic E-state index is 13.2. The number of halogens is 1. The fourth-order valence-electron chi connectivity index (χ4n) is 4.15. The van der Waals surface area contributed by atoms with Gasteiger partial charge in [-0.05, 0) is 0 Å². The molecule has 0 bridgehead atoms. The summed E-state index contributed by atoms with van der Waals surface area (Å²) in [5.41, 5.74) is 0.566. The Morgan fingerprint density at radius 3 is 1.73 bits per heavy atom. The van der Waals surface area contributed by atoms with E-state index in [0.717, 1.165) is 0 Å². The Kier molecular flexibility index (Phi) is 6.32. The molecule has 0 saturated carbocycles. The topological polar surface area (TPSA) is 34.9 Å². The maximum absolute atomic E-state index is 13.2. The standard InChI is InChI=1S/C9H7ClN2OS.3C6H5.Sn/c1-12-8(13)6-3-2-5(10)4-7(6)11-9(12)14;3*1-2-4-6-5-3-1;/h2-4H,1H3,(H,11,14);3*1-5H;/q;;;;+1/p-1. The molecule has 0 fully saturated rings. The van der Waals surface area contributed by atoms with Crippen molar-refractivity contribution in [2.75, 3.05) is 0 Å². The van der Waals surface area contributed by atoms with Crippen LogP contribution in [0.5, 0.6) is 0 Å². The van der Waals surface area contributed by atoms with Gasteiger partial charge in [-0.15, -0.1) is 0 Å². The predicted octanol–water partition coefficient (Wildman–Crippen LogP) is 4.35. The fraction of sp³-hybridized carbons (Fsp3) is 0.0370. The van der Waals surface area contributed by atoms with Gasteiger partial charge in [-0.1, -0.05) is 0 Å². The summed E-state index contributed by atoms with van der Waals surface area (Å²) in [6.07, 6.45) is 0. The first kappa shape index (κ1) is 22.3. The van der Waals surface area contributed by atoms with E-state index >= 15 is 0 Å². The van der Waals surface area contributed by atoms with Crippen LogP contribution in [0.3, 0.4) is 0 Å². The Balaban J connectivity index is 1.83. The molecular formula is C27H21ClN2OSSn. The van der Waals surface area contributed by atoms with Gasteiger partial charge in [0.2, 0.25) is 0 Å². The molecule has 1 aromatic heterocycles. The van der Waals surface area contributed by atoms with E-state index in [-0.39, 0.29) is 5.56 Å². The van der Waals surface area contributed by atoms with Crippen LogP contribution in [0.2, 0.25) is 5.02 Å². The zero-order valence-electron chi connectivity index (χ0n) is 18.0. The van der Waals surface area contributed by atoms with Crippen molar-refractivity contribution >= 4 is 59.2 Å². The van der Waals surface area contributed by atoms with E-state index in [1.807, 2.05) is 25.2 Å². The van der Waals surface area contributed by atoms with Crippen molar-refractivity contribution < 1.29 is 0 Å². The summed E-state index contributed by atoms with van der Waals surface area (Å²) in [5.74, 6) is 0. The second-order valence-electron chi connectivity index (χ2n) is 7.80. The van der Waals surface area contributed by atoms with Crippen molar-refractivity contribution in [2.24, 2.45) is 7.05 Å². The van der Waals surface area contributed by atoms with Gasteiger partial charge in [0.15, 0.2) is 0 Å². The number of hydrogen-bond donors (Lipinski definition) is 0. The molecule has 6 heteroatoms. The van der Waals surface area contributed by atoms with Crippen molar-refractivity contribution in [3.8, 4) is 0 Å². The molecule has 0 N–H and O–H groups in total. The number of benzene rings is 4. The zero-order valence-corrected chi connectivity index (χ0v) is 22.4. The molecule has 0 aliphatic heterocycles. The van der Waals surface area contributed by atoms with E-state index in [9.17, 15) is 4.79 Å². The van der Waals surface area contributed by atoms with Gasteiger partial charge in [0.25, 0.3) is 0 Å². The van der Waals surface area contributed by atoms with Crippen LogP contribution < -0.4 is 16.3 Å². The number of hydrogen-bond acceptors (Lipinski definition) is 3. The van der Waals surface area contributed by atoms with Gasteiger partial charge in [0.1, 0.15) is 0 Å². The molecular weight excluding hydrogens is 555 g/mol. The molecule has 1 heterocycles. The zero-order chi connectivity index (χ0) is 22.8. The summed E-state index contributed by atoms with van der Waals surface area (Å²) in [6.45, 7) is 0. The first-order chi connectivity index (χ1) is 16.1. The van der Waals surface area contributed by atoms with Gasteiger partial charge < -0.3 is 0 Å². The van der Waals surface area contributed by atoms with E-state index in [4.69, 9.17) is 16.6 Å². The van der Waals surface area contributed by atoms with Crippen molar-refractivity contribution in [3.05, 3.63) is 125 Å². The number of nitrogens with zero attached hydrogens (tertiary/aromatic N) is 2. The molecule has 0 unspecified atom stereocenters. The predicted molar refractivity (Wildman–Crippen MR) is 142 cm³/mol. The Bertz CT molecular complexity index is 1380. The molecule has 162 valence electrons. The van der Waals surface area contributed by atoms with Crippen LogP contribution in [0.15, 0.2) is 119 Å². The molecule has 5 rings (SSSR count). The van der Waals surface area contributed by atoms with Gasteiger partial charge >= 0.3 is 206 Å². The van der Waals surface area contributed by atoms with Gasteiger partial charge in [0, 0.05) is 0 Å². The number of aromatic nitrogens is 2. The summed E-state index contributed by atoms with van der Waals surface area (Å²) in [6, 6.07) is 37.3. The first-order valence-corrected chi connectivity index (χ1v) is 19.6. The Morgan fingerprint density at radius 1 is 0.758 bits per heavy atom. The minimum absolute atomic E-state index is 0.0615. The molecule has 0 atom stereocenters. The van der Waals surface area contributed by atoms with Crippen molar-refractivity contribution in [1.29, 1.82) is 0 Å². The van der Waals surface area contributed by atoms with Gasteiger partial charge in [0.05, 0.1) is 0 Å². The second-order valence-corrected chi connectivity index (χ2v) is 23.5. The Morgan fingerprint density at radius 2 is 1.24 bits per heavy atom. The molecule has 0 aliphatic rings. The molecule has 3 nitrogen and oxygen atoms in total. The third kappa shape index (κ3) is 4.12.